The maximum atomic E-state index is 9.66. The fourth-order valence-corrected chi connectivity index (χ4v) is 3.46. The standard InChI is InChI=1S/C10H20O4.C9H18O5/c1-4-6-7(11)8(12)9(13)10(14-6)5(2)3;1-4(2)3-5-6(10)7(11)8(12)9(13)14-5/h5-13H,4H2,1-3H3;4-13H,3H2,1-2H3. The van der Waals surface area contributed by atoms with Gasteiger partial charge in [-0.3, -0.25) is 0 Å². The quantitative estimate of drug-likeness (QED) is 0.300. The van der Waals surface area contributed by atoms with Crippen LogP contribution in [0.4, 0.5) is 0 Å². The molecule has 0 aliphatic carbocycles. The first kappa shape index (κ1) is 25.7. The van der Waals surface area contributed by atoms with Gasteiger partial charge in [-0.25, -0.2) is 0 Å². The molecule has 9 nitrogen and oxygen atoms in total. The van der Waals surface area contributed by atoms with Crippen molar-refractivity contribution in [2.45, 2.75) is 109 Å². The summed E-state index contributed by atoms with van der Waals surface area (Å²) in [5, 5.41) is 66.1. The lowest BCUT2D eigenvalue weighted by atomic mass is 9.89. The van der Waals surface area contributed by atoms with Crippen molar-refractivity contribution < 1.29 is 45.2 Å². The van der Waals surface area contributed by atoms with Crippen molar-refractivity contribution in [3.63, 3.8) is 0 Å². The number of aliphatic hydroxyl groups excluding tert-OH is 7. The van der Waals surface area contributed by atoms with E-state index in [1.165, 1.54) is 0 Å². The fourth-order valence-electron chi connectivity index (χ4n) is 3.46. The highest BCUT2D eigenvalue weighted by Crippen LogP contribution is 2.27. The molecule has 2 fully saturated rings. The molecule has 0 spiro atoms. The molecule has 9 heteroatoms. The third-order valence-corrected chi connectivity index (χ3v) is 5.20. The summed E-state index contributed by atoms with van der Waals surface area (Å²) in [4.78, 5) is 0. The Hall–Kier alpha value is -0.360. The summed E-state index contributed by atoms with van der Waals surface area (Å²) in [7, 11) is 0. The molecule has 0 bridgehead atoms. The summed E-state index contributed by atoms with van der Waals surface area (Å²) in [5.41, 5.74) is 0. The Morgan fingerprint density at radius 1 is 0.643 bits per heavy atom. The molecule has 7 N–H and O–H groups in total. The summed E-state index contributed by atoms with van der Waals surface area (Å²) >= 11 is 0. The summed E-state index contributed by atoms with van der Waals surface area (Å²) in [6.45, 7) is 9.62. The van der Waals surface area contributed by atoms with Crippen LogP contribution in [0.25, 0.3) is 0 Å². The topological polar surface area (TPSA) is 160 Å². The second kappa shape index (κ2) is 11.1. The molecule has 0 aromatic carbocycles. The van der Waals surface area contributed by atoms with Crippen molar-refractivity contribution in [1.82, 2.24) is 0 Å². The largest absolute Gasteiger partial charge is 0.388 e. The van der Waals surface area contributed by atoms with Crippen LogP contribution in [0.3, 0.4) is 0 Å². The number of ether oxygens (including phenoxy) is 2. The molecule has 10 unspecified atom stereocenters. The molecule has 2 rings (SSSR count). The summed E-state index contributed by atoms with van der Waals surface area (Å²) in [6, 6.07) is 0. The summed E-state index contributed by atoms with van der Waals surface area (Å²) < 4.78 is 10.5. The molecule has 0 aromatic rings. The van der Waals surface area contributed by atoms with E-state index in [9.17, 15) is 35.7 Å². The highest BCUT2D eigenvalue weighted by molar-refractivity contribution is 4.92. The third-order valence-electron chi connectivity index (χ3n) is 5.20. The van der Waals surface area contributed by atoms with Crippen LogP contribution in [-0.4, -0.2) is 97.0 Å². The maximum absolute atomic E-state index is 9.66. The van der Waals surface area contributed by atoms with E-state index in [4.69, 9.17) is 9.47 Å². The molecular formula is C19H38O9. The molecule has 0 saturated carbocycles. The van der Waals surface area contributed by atoms with E-state index >= 15 is 0 Å². The first-order valence-electron chi connectivity index (χ1n) is 9.99. The Morgan fingerprint density at radius 2 is 1.14 bits per heavy atom. The lowest BCUT2D eigenvalue weighted by molar-refractivity contribution is -0.283. The van der Waals surface area contributed by atoms with Crippen LogP contribution >= 0.6 is 0 Å². The average molecular weight is 411 g/mol. The van der Waals surface area contributed by atoms with E-state index in [0.717, 1.165) is 0 Å². The highest BCUT2D eigenvalue weighted by Gasteiger charge is 2.44. The van der Waals surface area contributed by atoms with Gasteiger partial charge in [-0.15, -0.1) is 0 Å². The molecule has 0 amide bonds. The van der Waals surface area contributed by atoms with Crippen LogP contribution in [0.15, 0.2) is 0 Å². The molecule has 10 atom stereocenters. The summed E-state index contributed by atoms with van der Waals surface area (Å²) in [5.74, 6) is 0.408. The fraction of sp³-hybridized carbons (Fsp3) is 1.00. The molecule has 2 aliphatic heterocycles. The van der Waals surface area contributed by atoms with Crippen molar-refractivity contribution >= 4 is 0 Å². The van der Waals surface area contributed by atoms with E-state index in [1.807, 2.05) is 34.6 Å². The minimum absolute atomic E-state index is 0.126. The van der Waals surface area contributed by atoms with Gasteiger partial charge in [0, 0.05) is 0 Å². The lowest BCUT2D eigenvalue weighted by Gasteiger charge is -2.42. The van der Waals surface area contributed by atoms with Gasteiger partial charge in [-0.2, -0.15) is 0 Å². The first-order valence-corrected chi connectivity index (χ1v) is 9.99. The predicted octanol–water partition coefficient (Wildman–Crippen LogP) is -1.27. The Balaban J connectivity index is 0.000000280. The Bertz CT molecular complexity index is 440. The molecule has 2 aliphatic rings. The van der Waals surface area contributed by atoms with Crippen LogP contribution in [0.1, 0.15) is 47.5 Å². The van der Waals surface area contributed by atoms with Crippen LogP contribution in [-0.2, 0) is 9.47 Å². The van der Waals surface area contributed by atoms with Gasteiger partial charge in [0.25, 0.3) is 0 Å². The number of aliphatic hydroxyl groups is 7. The molecule has 28 heavy (non-hydrogen) atoms. The average Bonchev–Trinajstić information content (AvgIpc) is 2.62. The van der Waals surface area contributed by atoms with Crippen molar-refractivity contribution in [3.05, 3.63) is 0 Å². The van der Waals surface area contributed by atoms with E-state index in [1.54, 1.807) is 0 Å². The van der Waals surface area contributed by atoms with E-state index in [0.29, 0.717) is 12.8 Å². The zero-order valence-corrected chi connectivity index (χ0v) is 17.3. The van der Waals surface area contributed by atoms with Gasteiger partial charge in [0.2, 0.25) is 0 Å². The van der Waals surface area contributed by atoms with Gasteiger partial charge in [-0.05, 0) is 24.7 Å². The van der Waals surface area contributed by atoms with Crippen molar-refractivity contribution in [1.29, 1.82) is 0 Å². The Kier molecular flexibility index (Phi) is 10.2. The zero-order valence-electron chi connectivity index (χ0n) is 17.3. The smallest absolute Gasteiger partial charge is 0.183 e. The monoisotopic (exact) mass is 410 g/mol. The van der Waals surface area contributed by atoms with Gasteiger partial charge in [-0.1, -0.05) is 34.6 Å². The van der Waals surface area contributed by atoms with Crippen LogP contribution in [0.2, 0.25) is 0 Å². The second-order valence-corrected chi connectivity index (χ2v) is 8.43. The van der Waals surface area contributed by atoms with Crippen LogP contribution < -0.4 is 0 Å². The predicted molar refractivity (Wildman–Crippen MR) is 100 cm³/mol. The number of hydrogen-bond donors (Lipinski definition) is 7. The molecule has 0 aromatic heterocycles. The van der Waals surface area contributed by atoms with E-state index in [-0.39, 0.29) is 17.9 Å². The van der Waals surface area contributed by atoms with Gasteiger partial charge in [0.1, 0.15) is 36.6 Å². The Labute approximate surface area is 166 Å². The van der Waals surface area contributed by atoms with Gasteiger partial charge < -0.3 is 45.2 Å². The van der Waals surface area contributed by atoms with Gasteiger partial charge >= 0.3 is 0 Å². The molecule has 168 valence electrons. The highest BCUT2D eigenvalue weighted by atomic mass is 16.6. The molecular weight excluding hydrogens is 372 g/mol. The van der Waals surface area contributed by atoms with Gasteiger partial charge in [0.05, 0.1) is 18.3 Å². The van der Waals surface area contributed by atoms with Crippen molar-refractivity contribution in [2.75, 3.05) is 0 Å². The first-order chi connectivity index (χ1) is 12.9. The van der Waals surface area contributed by atoms with Crippen LogP contribution in [0.5, 0.6) is 0 Å². The maximum Gasteiger partial charge on any atom is 0.183 e. The number of hydrogen-bond acceptors (Lipinski definition) is 9. The van der Waals surface area contributed by atoms with Crippen molar-refractivity contribution in [2.24, 2.45) is 11.8 Å². The lowest BCUT2D eigenvalue weighted by Crippen LogP contribution is -2.58. The summed E-state index contributed by atoms with van der Waals surface area (Å²) in [6.07, 6.45) is -8.64. The molecule has 2 saturated heterocycles. The Morgan fingerprint density at radius 3 is 1.61 bits per heavy atom. The van der Waals surface area contributed by atoms with Crippen LogP contribution in [0, 0.1) is 11.8 Å². The molecule has 0 radical (unpaired) electrons. The number of rotatable bonds is 4. The van der Waals surface area contributed by atoms with E-state index in [2.05, 4.69) is 0 Å². The normalized spacial score (nSPS) is 44.4. The van der Waals surface area contributed by atoms with Gasteiger partial charge in [0.15, 0.2) is 6.29 Å². The zero-order chi connectivity index (χ0) is 21.8. The minimum Gasteiger partial charge on any atom is -0.388 e. The SMILES string of the molecule is CC(C)CC1OC(O)C(O)C(O)C1O.CCC1OC(C(C)C)C(O)C(O)C1O. The van der Waals surface area contributed by atoms with E-state index < -0.39 is 55.1 Å². The molecule has 2 heterocycles. The third kappa shape index (κ3) is 6.32. The minimum atomic E-state index is -1.44. The second-order valence-electron chi connectivity index (χ2n) is 8.43. The van der Waals surface area contributed by atoms with Crippen molar-refractivity contribution in [3.8, 4) is 0 Å².